The van der Waals surface area contributed by atoms with Crippen molar-refractivity contribution < 1.29 is 23.6 Å². The number of hydrogen-bond donors (Lipinski definition) is 1. The summed E-state index contributed by atoms with van der Waals surface area (Å²) < 4.78 is 30.3. The average Bonchev–Trinajstić information content (AvgIpc) is 2.83. The molecule has 1 saturated heterocycles. The molecule has 1 aromatic rings. The maximum absolute atomic E-state index is 12.9. The first-order valence-corrected chi connectivity index (χ1v) is 14.3. The van der Waals surface area contributed by atoms with Gasteiger partial charge in [-0.15, -0.1) is 0 Å². The summed E-state index contributed by atoms with van der Waals surface area (Å²) in [5, 5.41) is 3.16. The highest BCUT2D eigenvalue weighted by atomic mass is 31.1. The van der Waals surface area contributed by atoms with Crippen molar-refractivity contribution in [3.8, 4) is 5.75 Å². The summed E-state index contributed by atoms with van der Waals surface area (Å²) in [6.07, 6.45) is 7.16. The lowest BCUT2D eigenvalue weighted by Crippen LogP contribution is -2.55. The number of carbonyl (C=O) groups excluding carboxylic acids is 1. The van der Waals surface area contributed by atoms with Gasteiger partial charge in [-0.25, -0.2) is 0 Å². The van der Waals surface area contributed by atoms with Gasteiger partial charge in [0, 0.05) is 6.42 Å². The number of rotatable bonds is 11. The maximum atomic E-state index is 12.9. The van der Waals surface area contributed by atoms with Gasteiger partial charge in [-0.3, -0.25) is 4.79 Å². The summed E-state index contributed by atoms with van der Waals surface area (Å²) >= 11 is 0. The van der Waals surface area contributed by atoms with Crippen molar-refractivity contribution in [1.29, 1.82) is 0 Å². The van der Waals surface area contributed by atoms with Gasteiger partial charge in [0.25, 0.3) is 0 Å². The second-order valence-electron chi connectivity index (χ2n) is 9.29. The minimum Gasteiger partial charge on any atom is -0.494 e. The predicted octanol–water partition coefficient (Wildman–Crippen LogP) is 5.42. The molecule has 33 heavy (non-hydrogen) atoms. The first kappa shape index (κ1) is 26.1. The molecule has 3 atom stereocenters. The number of hydrogen-bond acceptors (Lipinski definition) is 6. The van der Waals surface area contributed by atoms with Crippen LogP contribution in [0.15, 0.2) is 24.3 Å². The van der Waals surface area contributed by atoms with E-state index in [1.54, 1.807) is 0 Å². The van der Waals surface area contributed by atoms with Crippen LogP contribution >= 0.6 is 7.80 Å². The summed E-state index contributed by atoms with van der Waals surface area (Å²) in [6.45, 7) is 8.16. The van der Waals surface area contributed by atoms with E-state index >= 15 is 0 Å². The van der Waals surface area contributed by atoms with Crippen LogP contribution in [0.2, 0.25) is 0 Å². The van der Waals surface area contributed by atoms with Crippen LogP contribution in [0.4, 0.5) is 0 Å². The summed E-state index contributed by atoms with van der Waals surface area (Å²) in [4.78, 5) is 12.0. The Bertz CT molecular complexity index is 780. The Balaban J connectivity index is 1.56. The Morgan fingerprint density at radius 1 is 1.15 bits per heavy atom. The fourth-order valence-corrected chi connectivity index (χ4v) is 7.02. The molecule has 3 rings (SSSR count). The van der Waals surface area contributed by atoms with E-state index in [1.165, 1.54) is 5.56 Å². The number of para-hydroxylation sites is 1. The van der Waals surface area contributed by atoms with Crippen molar-refractivity contribution in [3.63, 3.8) is 0 Å². The van der Waals surface area contributed by atoms with E-state index in [2.05, 4.69) is 23.5 Å². The molecule has 0 amide bonds. The normalized spacial score (nSPS) is 28.2. The molecule has 184 valence electrons. The lowest BCUT2D eigenvalue weighted by molar-refractivity contribution is -0.143. The van der Waals surface area contributed by atoms with E-state index in [-0.39, 0.29) is 18.1 Å². The molecule has 2 aliphatic rings. The molecular formula is C26H41NO5P+. The zero-order chi connectivity index (χ0) is 23.7. The molecule has 1 aliphatic carbocycles. The monoisotopic (exact) mass is 478 g/mol. The smallest absolute Gasteiger partial charge is 0.343 e. The number of ether oxygens (including phenoxy) is 3. The third-order valence-electron chi connectivity index (χ3n) is 7.35. The van der Waals surface area contributed by atoms with Gasteiger partial charge in [0.05, 0.1) is 38.4 Å². The molecule has 6 nitrogen and oxygen atoms in total. The molecule has 0 spiro atoms. The summed E-state index contributed by atoms with van der Waals surface area (Å²) in [7, 11) is -1.47. The highest BCUT2D eigenvalue weighted by Gasteiger charge is 2.53. The Morgan fingerprint density at radius 3 is 2.61 bits per heavy atom. The van der Waals surface area contributed by atoms with Crippen molar-refractivity contribution in [2.75, 3.05) is 33.0 Å². The second-order valence-corrected chi connectivity index (χ2v) is 11.2. The van der Waals surface area contributed by atoms with Crippen molar-refractivity contribution in [1.82, 2.24) is 5.32 Å². The lowest BCUT2D eigenvalue weighted by atomic mass is 9.82. The van der Waals surface area contributed by atoms with Crippen LogP contribution in [0.25, 0.3) is 0 Å². The molecule has 1 heterocycles. The van der Waals surface area contributed by atoms with Gasteiger partial charge in [0.1, 0.15) is 12.4 Å². The molecule has 0 bridgehead atoms. The SMILES string of the molecule is CCOC(=O)CCC1([P+](C)=O)CCCNC1COC1CCC(c2ccccc2OCC)CC1. The van der Waals surface area contributed by atoms with E-state index in [1.807, 2.05) is 26.6 Å². The van der Waals surface area contributed by atoms with E-state index < -0.39 is 13.0 Å². The number of esters is 1. The van der Waals surface area contributed by atoms with Crippen molar-refractivity contribution in [3.05, 3.63) is 29.8 Å². The quantitative estimate of drug-likeness (QED) is 0.338. The molecule has 1 aromatic carbocycles. The summed E-state index contributed by atoms with van der Waals surface area (Å²) in [5.41, 5.74) is 1.31. The highest BCUT2D eigenvalue weighted by Crippen LogP contribution is 2.48. The van der Waals surface area contributed by atoms with Gasteiger partial charge < -0.3 is 19.5 Å². The Morgan fingerprint density at radius 2 is 1.91 bits per heavy atom. The van der Waals surface area contributed by atoms with E-state index in [9.17, 15) is 9.36 Å². The van der Waals surface area contributed by atoms with Crippen molar-refractivity contribution in [2.24, 2.45) is 0 Å². The Hall–Kier alpha value is -1.49. The Labute approximate surface area is 199 Å². The van der Waals surface area contributed by atoms with Crippen LogP contribution < -0.4 is 10.1 Å². The highest BCUT2D eigenvalue weighted by molar-refractivity contribution is 7.45. The Kier molecular flexibility index (Phi) is 10.2. The standard InChI is InChI=1S/C26H41NO5P/c1-4-30-23-10-7-6-9-22(23)20-11-13-21(14-12-20)32-19-24-26(33(3)29,16-8-18-27-24)17-15-25(28)31-5-2/h6-7,9-10,20-21,24,27H,4-5,8,11-19H2,1-3H3/q+1. The number of nitrogens with one attached hydrogen (secondary N) is 1. The zero-order valence-electron chi connectivity index (χ0n) is 20.5. The van der Waals surface area contributed by atoms with Crippen LogP contribution in [0.3, 0.4) is 0 Å². The van der Waals surface area contributed by atoms with E-state index in [0.717, 1.165) is 50.8 Å². The molecule has 3 unspecified atom stereocenters. The predicted molar refractivity (Wildman–Crippen MR) is 132 cm³/mol. The molecule has 2 fully saturated rings. The molecule has 7 heteroatoms. The molecule has 0 aromatic heterocycles. The third kappa shape index (κ3) is 6.77. The second kappa shape index (κ2) is 12.8. The van der Waals surface area contributed by atoms with Crippen LogP contribution in [-0.4, -0.2) is 56.3 Å². The van der Waals surface area contributed by atoms with Crippen LogP contribution in [0, 0.1) is 0 Å². The maximum Gasteiger partial charge on any atom is 0.343 e. The first-order chi connectivity index (χ1) is 16.0. The van der Waals surface area contributed by atoms with E-state index in [0.29, 0.717) is 38.6 Å². The van der Waals surface area contributed by atoms with E-state index in [4.69, 9.17) is 14.2 Å². The summed E-state index contributed by atoms with van der Waals surface area (Å²) in [5.74, 6) is 1.31. The number of piperidine rings is 1. The zero-order valence-corrected chi connectivity index (χ0v) is 21.4. The molecule has 1 aliphatic heterocycles. The number of benzene rings is 1. The van der Waals surface area contributed by atoms with Crippen LogP contribution in [-0.2, 0) is 18.8 Å². The lowest BCUT2D eigenvalue weighted by Gasteiger charge is -2.38. The molecule has 1 N–H and O–H groups in total. The number of carbonyl (C=O) groups is 1. The molecule has 0 radical (unpaired) electrons. The van der Waals surface area contributed by atoms with Crippen LogP contribution in [0.5, 0.6) is 5.75 Å². The molecular weight excluding hydrogens is 437 g/mol. The van der Waals surface area contributed by atoms with Gasteiger partial charge in [-0.05, 0) is 76.5 Å². The van der Waals surface area contributed by atoms with Gasteiger partial charge in [-0.1, -0.05) is 22.8 Å². The minimum atomic E-state index is -1.47. The van der Waals surface area contributed by atoms with Crippen molar-refractivity contribution >= 4 is 13.8 Å². The minimum absolute atomic E-state index is 0.00527. The van der Waals surface area contributed by atoms with Gasteiger partial charge in [0.15, 0.2) is 5.16 Å². The first-order valence-electron chi connectivity index (χ1n) is 12.6. The fraction of sp³-hybridized carbons (Fsp3) is 0.731. The van der Waals surface area contributed by atoms with Gasteiger partial charge in [-0.2, -0.15) is 0 Å². The molecule has 1 saturated carbocycles. The van der Waals surface area contributed by atoms with Crippen LogP contribution in [0.1, 0.15) is 76.7 Å². The third-order valence-corrected chi connectivity index (χ3v) is 9.36. The van der Waals surface area contributed by atoms with Gasteiger partial charge in [0.2, 0.25) is 0 Å². The summed E-state index contributed by atoms with van der Waals surface area (Å²) in [6, 6.07) is 8.39. The van der Waals surface area contributed by atoms with Gasteiger partial charge >= 0.3 is 13.8 Å². The topological polar surface area (TPSA) is 73.9 Å². The largest absolute Gasteiger partial charge is 0.494 e. The average molecular weight is 479 g/mol. The van der Waals surface area contributed by atoms with Crippen molar-refractivity contribution in [2.45, 2.75) is 88.4 Å². The fourth-order valence-electron chi connectivity index (χ4n) is 5.51.